The van der Waals surface area contributed by atoms with Crippen LogP contribution in [0.15, 0.2) is 24.3 Å². The molecule has 0 saturated carbocycles. The van der Waals surface area contributed by atoms with E-state index >= 15 is 0 Å². The average molecular weight is 293 g/mol. The number of carboxylic acids is 1. The van der Waals surface area contributed by atoms with Gasteiger partial charge in [0.2, 0.25) is 5.91 Å². The topological polar surface area (TPSA) is 75.6 Å². The van der Waals surface area contributed by atoms with Crippen LogP contribution in [0.5, 0.6) is 0 Å². The van der Waals surface area contributed by atoms with E-state index in [0.717, 1.165) is 19.3 Å². The van der Waals surface area contributed by atoms with Crippen LogP contribution in [-0.4, -0.2) is 36.7 Å². The van der Waals surface area contributed by atoms with E-state index in [0.29, 0.717) is 6.42 Å². The molecule has 0 heterocycles. The minimum atomic E-state index is -1.07. The molecule has 0 aromatic heterocycles. The number of carbonyl (C=O) groups is 2. The summed E-state index contributed by atoms with van der Waals surface area (Å²) in [6.07, 6.45) is 2.08. The number of nitrogens with one attached hydrogen (secondary N) is 1. The fraction of sp³-hybridized carbons (Fsp3) is 0.500. The third-order valence-electron chi connectivity index (χ3n) is 3.28. The van der Waals surface area contributed by atoms with Crippen LogP contribution < -0.4 is 5.32 Å². The molecule has 1 amide bonds. The Kier molecular flexibility index (Phi) is 7.46. The van der Waals surface area contributed by atoms with Crippen molar-refractivity contribution in [3.8, 4) is 0 Å². The minimum absolute atomic E-state index is 0.00261. The Morgan fingerprint density at radius 1 is 1.24 bits per heavy atom. The van der Waals surface area contributed by atoms with Gasteiger partial charge in [-0.15, -0.1) is 0 Å². The zero-order valence-electron chi connectivity index (χ0n) is 12.6. The molecular formula is C16H23NO4. The number of ether oxygens (including phenoxy) is 1. The molecule has 5 heteroatoms. The molecule has 1 rings (SSSR count). The zero-order chi connectivity index (χ0) is 15.7. The van der Waals surface area contributed by atoms with Crippen LogP contribution in [0.2, 0.25) is 0 Å². The Labute approximate surface area is 125 Å². The van der Waals surface area contributed by atoms with Crippen molar-refractivity contribution in [3.63, 3.8) is 0 Å². The number of benzene rings is 1. The van der Waals surface area contributed by atoms with Gasteiger partial charge in [0, 0.05) is 13.5 Å². The van der Waals surface area contributed by atoms with Gasteiger partial charge in [0.25, 0.3) is 0 Å². The standard InChI is InChI=1S/C16H23NO4/c1-12-7-9-13(10-8-12)5-3-4-6-15(18)17-11-14(21-2)16(19)20/h7-10,14H,3-6,11H2,1-2H3,(H,17,18)(H,19,20). The highest BCUT2D eigenvalue weighted by Crippen LogP contribution is 2.08. The maximum Gasteiger partial charge on any atom is 0.334 e. The molecule has 1 aromatic rings. The lowest BCUT2D eigenvalue weighted by Crippen LogP contribution is -2.37. The smallest absolute Gasteiger partial charge is 0.334 e. The number of aliphatic carboxylic acids is 1. The van der Waals surface area contributed by atoms with Crippen LogP contribution in [0.4, 0.5) is 0 Å². The summed E-state index contributed by atoms with van der Waals surface area (Å²) in [6, 6.07) is 8.37. The summed E-state index contributed by atoms with van der Waals surface area (Å²) in [7, 11) is 1.31. The Hall–Kier alpha value is -1.88. The van der Waals surface area contributed by atoms with Gasteiger partial charge in [-0.25, -0.2) is 4.79 Å². The Morgan fingerprint density at radius 2 is 1.90 bits per heavy atom. The van der Waals surface area contributed by atoms with E-state index < -0.39 is 12.1 Å². The summed E-state index contributed by atoms with van der Waals surface area (Å²) in [5.41, 5.74) is 2.51. The van der Waals surface area contributed by atoms with E-state index in [1.807, 2.05) is 0 Å². The highest BCUT2D eigenvalue weighted by atomic mass is 16.5. The first-order valence-corrected chi connectivity index (χ1v) is 7.10. The van der Waals surface area contributed by atoms with E-state index in [9.17, 15) is 9.59 Å². The molecule has 0 aliphatic carbocycles. The third-order valence-corrected chi connectivity index (χ3v) is 3.28. The van der Waals surface area contributed by atoms with Gasteiger partial charge in [-0.3, -0.25) is 4.79 Å². The van der Waals surface area contributed by atoms with Crippen molar-refractivity contribution in [1.29, 1.82) is 0 Å². The number of methoxy groups -OCH3 is 1. The number of carboxylic acid groups (broad SMARTS) is 1. The highest BCUT2D eigenvalue weighted by Gasteiger charge is 2.16. The zero-order valence-corrected chi connectivity index (χ0v) is 12.6. The molecule has 1 atom stereocenters. The van der Waals surface area contributed by atoms with Crippen LogP contribution in [0.25, 0.3) is 0 Å². The molecule has 0 saturated heterocycles. The van der Waals surface area contributed by atoms with Gasteiger partial charge in [0.1, 0.15) is 0 Å². The van der Waals surface area contributed by atoms with Gasteiger partial charge in [-0.1, -0.05) is 29.8 Å². The van der Waals surface area contributed by atoms with Crippen LogP contribution in [0.1, 0.15) is 30.4 Å². The number of rotatable bonds is 9. The van der Waals surface area contributed by atoms with Crippen molar-refractivity contribution in [1.82, 2.24) is 5.32 Å². The SMILES string of the molecule is COC(CNC(=O)CCCCc1ccc(C)cc1)C(=O)O. The lowest BCUT2D eigenvalue weighted by molar-refractivity contribution is -0.148. The molecule has 0 fully saturated rings. The van der Waals surface area contributed by atoms with E-state index in [4.69, 9.17) is 9.84 Å². The number of unbranched alkanes of at least 4 members (excludes halogenated alkanes) is 1. The number of aryl methyl sites for hydroxylation is 2. The second-order valence-corrected chi connectivity index (χ2v) is 5.06. The molecule has 0 spiro atoms. The summed E-state index contributed by atoms with van der Waals surface area (Å²) in [5.74, 6) is -1.21. The fourth-order valence-corrected chi connectivity index (χ4v) is 1.94. The maximum absolute atomic E-state index is 11.6. The Bertz CT molecular complexity index is 456. The van der Waals surface area contributed by atoms with Gasteiger partial charge >= 0.3 is 5.97 Å². The van der Waals surface area contributed by atoms with Gasteiger partial charge < -0.3 is 15.2 Å². The monoisotopic (exact) mass is 293 g/mol. The van der Waals surface area contributed by atoms with Gasteiger partial charge in [-0.05, 0) is 31.7 Å². The predicted octanol–water partition coefficient (Wildman–Crippen LogP) is 1.92. The molecule has 0 radical (unpaired) electrons. The first-order valence-electron chi connectivity index (χ1n) is 7.10. The third kappa shape index (κ3) is 6.90. The summed E-state index contributed by atoms with van der Waals surface area (Å²) in [6.45, 7) is 2.06. The van der Waals surface area contributed by atoms with Crippen molar-refractivity contribution >= 4 is 11.9 Å². The summed E-state index contributed by atoms with van der Waals surface area (Å²) >= 11 is 0. The number of amides is 1. The van der Waals surface area contributed by atoms with E-state index in [1.54, 1.807) is 0 Å². The average Bonchev–Trinajstić information content (AvgIpc) is 2.45. The molecule has 2 N–H and O–H groups in total. The molecule has 0 aliphatic rings. The number of hydrogen-bond donors (Lipinski definition) is 2. The second-order valence-electron chi connectivity index (χ2n) is 5.06. The van der Waals surface area contributed by atoms with E-state index in [-0.39, 0.29) is 12.5 Å². The molecular weight excluding hydrogens is 270 g/mol. The molecule has 0 aliphatic heterocycles. The van der Waals surface area contributed by atoms with Gasteiger partial charge in [-0.2, -0.15) is 0 Å². The second kappa shape index (κ2) is 9.13. The summed E-state index contributed by atoms with van der Waals surface area (Å²) in [5, 5.41) is 11.3. The normalized spacial score (nSPS) is 11.9. The van der Waals surface area contributed by atoms with Crippen LogP contribution >= 0.6 is 0 Å². The minimum Gasteiger partial charge on any atom is -0.479 e. The Balaban J connectivity index is 2.16. The molecule has 116 valence electrons. The number of carbonyl (C=O) groups excluding carboxylic acids is 1. The lowest BCUT2D eigenvalue weighted by Gasteiger charge is -2.11. The first-order chi connectivity index (χ1) is 10.0. The molecule has 0 bridgehead atoms. The lowest BCUT2D eigenvalue weighted by atomic mass is 10.1. The molecule has 1 unspecified atom stereocenters. The quantitative estimate of drug-likeness (QED) is 0.682. The van der Waals surface area contributed by atoms with Crippen molar-refractivity contribution in [2.45, 2.75) is 38.7 Å². The maximum atomic E-state index is 11.6. The summed E-state index contributed by atoms with van der Waals surface area (Å²) < 4.78 is 4.74. The van der Waals surface area contributed by atoms with Gasteiger partial charge in [0.05, 0.1) is 6.54 Å². The Morgan fingerprint density at radius 3 is 2.48 bits per heavy atom. The molecule has 5 nitrogen and oxygen atoms in total. The molecule has 21 heavy (non-hydrogen) atoms. The van der Waals surface area contributed by atoms with Crippen molar-refractivity contribution < 1.29 is 19.4 Å². The molecule has 1 aromatic carbocycles. The largest absolute Gasteiger partial charge is 0.479 e. The number of hydrogen-bond acceptors (Lipinski definition) is 3. The van der Waals surface area contributed by atoms with Crippen molar-refractivity contribution in [2.75, 3.05) is 13.7 Å². The van der Waals surface area contributed by atoms with E-state index in [1.165, 1.54) is 18.2 Å². The predicted molar refractivity (Wildman–Crippen MR) is 80.2 cm³/mol. The van der Waals surface area contributed by atoms with Crippen molar-refractivity contribution in [3.05, 3.63) is 35.4 Å². The van der Waals surface area contributed by atoms with E-state index in [2.05, 4.69) is 36.5 Å². The van der Waals surface area contributed by atoms with Crippen LogP contribution in [0, 0.1) is 6.92 Å². The van der Waals surface area contributed by atoms with Crippen LogP contribution in [-0.2, 0) is 20.7 Å². The fourth-order valence-electron chi connectivity index (χ4n) is 1.94. The highest BCUT2D eigenvalue weighted by molar-refractivity contribution is 5.78. The first kappa shape index (κ1) is 17.2. The van der Waals surface area contributed by atoms with Crippen molar-refractivity contribution in [2.24, 2.45) is 0 Å². The van der Waals surface area contributed by atoms with Crippen LogP contribution in [0.3, 0.4) is 0 Å². The van der Waals surface area contributed by atoms with Gasteiger partial charge in [0.15, 0.2) is 6.10 Å². The summed E-state index contributed by atoms with van der Waals surface area (Å²) in [4.78, 5) is 22.3.